The second-order valence-electron chi connectivity index (χ2n) is 31.7. The van der Waals surface area contributed by atoms with E-state index in [1.807, 2.05) is 0 Å². The standard InChI is InChI=1S/C31H25N5.3C22H21N/c1-31(2,3)28-32-29(35-24-16-8-4-12-20(24)21-13-5-9-17-25(21)35)34-30(33-28)36-26-18-10-6-14-22(26)23-15-7-11-19-27(23)36;1-22(2,3)18-13-9-15-20-21(18)17-12-7-8-14-19(17)23(20)16-10-5-4-6-11-16;1-22(2,3)16-13-14-21-19(15-16)18-11-7-8-12-20(18)23(21)17-9-5-4-6-10-17;1-22(2,3)16-13-14-19-18-11-7-8-12-20(18)23(21(19)15-16)17-9-5-4-6-10-17/h4-19H,1-3H3;3*4-15H,1-3H3. The van der Waals surface area contributed by atoms with E-state index in [2.05, 4.69) is 421 Å². The smallest absolute Gasteiger partial charge is 0.239 e. The fourth-order valence-electron chi connectivity index (χ4n) is 15.3. The molecule has 19 rings (SSSR count). The highest BCUT2D eigenvalue weighted by Crippen LogP contribution is 2.42. The maximum Gasteiger partial charge on any atom is 0.239 e. The Morgan fingerprint density at radius 1 is 0.200 bits per heavy atom. The van der Waals surface area contributed by atoms with Crippen LogP contribution in [0.15, 0.2) is 315 Å². The average molecular weight is 1370 g/mol. The Bertz CT molecular complexity index is 6140. The predicted molar refractivity (Wildman–Crippen MR) is 446 cm³/mol. The normalized spacial score (nSPS) is 12.2. The number of hydrogen-bond donors (Lipinski definition) is 0. The molecule has 0 fully saturated rings. The molecule has 0 radical (unpaired) electrons. The molecule has 0 aliphatic carbocycles. The SMILES string of the molecule is CC(C)(C)c1ccc2c(c1)c1ccccc1n2-c1ccccc1.CC(C)(C)c1ccc2c3ccccc3n(-c3ccccc3)c2c1.CC(C)(C)c1cccc2c1c1ccccc1n2-c1ccccc1.CC(C)(C)c1nc(-n2c3ccccc3c3ccccc32)nc(-n2c3ccccc3c3ccccc32)n1. The van der Waals surface area contributed by atoms with E-state index < -0.39 is 0 Å². The van der Waals surface area contributed by atoms with Gasteiger partial charge in [0.2, 0.25) is 11.9 Å². The van der Waals surface area contributed by atoms with Gasteiger partial charge in [0.05, 0.1) is 55.2 Å². The molecule has 0 bridgehead atoms. The van der Waals surface area contributed by atoms with Crippen LogP contribution in [0.3, 0.4) is 0 Å². The van der Waals surface area contributed by atoms with Gasteiger partial charge in [0, 0.05) is 76.3 Å². The van der Waals surface area contributed by atoms with Crippen molar-refractivity contribution in [2.24, 2.45) is 0 Å². The third-order valence-electron chi connectivity index (χ3n) is 20.5. The molecule has 0 aliphatic heterocycles. The maximum absolute atomic E-state index is 5.14. The number of para-hydroxylation sites is 10. The second-order valence-corrected chi connectivity index (χ2v) is 31.7. The lowest BCUT2D eigenvalue weighted by molar-refractivity contribution is 0.537. The van der Waals surface area contributed by atoms with E-state index in [4.69, 9.17) is 15.0 Å². The van der Waals surface area contributed by atoms with Crippen molar-refractivity contribution >= 4 is 109 Å². The first-order valence-corrected chi connectivity index (χ1v) is 36.7. The molecule has 19 aromatic rings. The van der Waals surface area contributed by atoms with Gasteiger partial charge in [-0.05, 0) is 136 Å². The molecule has 6 aromatic heterocycles. The largest absolute Gasteiger partial charge is 0.309 e. The van der Waals surface area contributed by atoms with Crippen LogP contribution in [0.2, 0.25) is 0 Å². The van der Waals surface area contributed by atoms with Gasteiger partial charge in [-0.2, -0.15) is 15.0 Å². The minimum absolute atomic E-state index is 0.116. The highest BCUT2D eigenvalue weighted by molar-refractivity contribution is 6.14. The zero-order valence-electron chi connectivity index (χ0n) is 62.1. The van der Waals surface area contributed by atoms with Gasteiger partial charge in [0.1, 0.15) is 5.82 Å². The van der Waals surface area contributed by atoms with E-state index in [-0.39, 0.29) is 21.7 Å². The van der Waals surface area contributed by atoms with Gasteiger partial charge < -0.3 is 13.7 Å². The Morgan fingerprint density at radius 2 is 0.495 bits per heavy atom. The quantitative estimate of drug-likeness (QED) is 0.172. The fraction of sp³-hybridized carbons (Fsp3) is 0.165. The summed E-state index contributed by atoms with van der Waals surface area (Å²) in [6.07, 6.45) is 0. The number of benzene rings is 13. The number of aromatic nitrogens is 8. The highest BCUT2D eigenvalue weighted by atomic mass is 15.3. The van der Waals surface area contributed by atoms with Crippen LogP contribution in [0.1, 0.15) is 106 Å². The van der Waals surface area contributed by atoms with E-state index in [0.29, 0.717) is 11.9 Å². The van der Waals surface area contributed by atoms with Crippen LogP contribution < -0.4 is 0 Å². The summed E-state index contributed by atoms with van der Waals surface area (Å²) in [5.41, 5.74) is 19.9. The minimum Gasteiger partial charge on any atom is -0.309 e. The first-order valence-electron chi connectivity index (χ1n) is 36.7. The zero-order chi connectivity index (χ0) is 72.5. The monoisotopic (exact) mass is 1360 g/mol. The van der Waals surface area contributed by atoms with Crippen molar-refractivity contribution in [1.29, 1.82) is 0 Å². The summed E-state index contributed by atoms with van der Waals surface area (Å²) in [7, 11) is 0. The van der Waals surface area contributed by atoms with Gasteiger partial charge in [-0.15, -0.1) is 0 Å². The summed E-state index contributed by atoms with van der Waals surface area (Å²) < 4.78 is 11.4. The lowest BCUT2D eigenvalue weighted by Gasteiger charge is -2.20. The van der Waals surface area contributed by atoms with E-state index in [1.165, 1.54) is 121 Å². The van der Waals surface area contributed by atoms with Crippen LogP contribution in [0, 0.1) is 0 Å². The Hall–Kier alpha value is -12.1. The molecule has 0 N–H and O–H groups in total. The third kappa shape index (κ3) is 12.4. The van der Waals surface area contributed by atoms with Gasteiger partial charge >= 0.3 is 0 Å². The molecule has 0 amide bonds. The van der Waals surface area contributed by atoms with E-state index >= 15 is 0 Å². The molecular formula is C97H88N8. The summed E-state index contributed by atoms with van der Waals surface area (Å²) in [6, 6.07) is 112. The fourth-order valence-corrected chi connectivity index (χ4v) is 15.3. The molecule has 0 spiro atoms. The van der Waals surface area contributed by atoms with Crippen molar-refractivity contribution in [3.63, 3.8) is 0 Å². The van der Waals surface area contributed by atoms with Crippen molar-refractivity contribution < 1.29 is 0 Å². The summed E-state index contributed by atoms with van der Waals surface area (Å²) in [5.74, 6) is 2.01. The lowest BCUT2D eigenvalue weighted by atomic mass is 9.84. The molecule has 0 atom stereocenters. The molecule has 516 valence electrons. The molecule has 0 saturated carbocycles. The summed E-state index contributed by atoms with van der Waals surface area (Å²) in [5, 5.41) is 12.7. The number of hydrogen-bond acceptors (Lipinski definition) is 3. The minimum atomic E-state index is -0.260. The molecule has 0 saturated heterocycles. The number of nitrogens with zero attached hydrogens (tertiary/aromatic N) is 8. The number of fused-ring (bicyclic) bond motifs is 15. The summed E-state index contributed by atoms with van der Waals surface area (Å²) >= 11 is 0. The summed E-state index contributed by atoms with van der Waals surface area (Å²) in [4.78, 5) is 15.2. The van der Waals surface area contributed by atoms with Crippen LogP contribution in [0.25, 0.3) is 138 Å². The van der Waals surface area contributed by atoms with Crippen molar-refractivity contribution in [2.75, 3.05) is 0 Å². The van der Waals surface area contributed by atoms with Crippen molar-refractivity contribution in [3.8, 4) is 29.0 Å². The molecule has 8 nitrogen and oxygen atoms in total. The van der Waals surface area contributed by atoms with Crippen LogP contribution in [-0.4, -0.2) is 37.8 Å². The molecule has 8 heteroatoms. The molecule has 0 aliphatic rings. The predicted octanol–water partition coefficient (Wildman–Crippen LogP) is 25.6. The molecule has 105 heavy (non-hydrogen) atoms. The Kier molecular flexibility index (Phi) is 17.1. The van der Waals surface area contributed by atoms with E-state index in [1.54, 1.807) is 0 Å². The highest BCUT2D eigenvalue weighted by Gasteiger charge is 2.27. The van der Waals surface area contributed by atoms with Gasteiger partial charge in [-0.3, -0.25) is 9.13 Å². The van der Waals surface area contributed by atoms with Crippen LogP contribution in [0.4, 0.5) is 0 Å². The van der Waals surface area contributed by atoms with Gasteiger partial charge in [0.15, 0.2) is 0 Å². The average Bonchev–Trinajstić information content (AvgIpc) is 1.61. The second kappa shape index (κ2) is 26.6. The van der Waals surface area contributed by atoms with Crippen molar-refractivity contribution in [3.05, 3.63) is 338 Å². The van der Waals surface area contributed by atoms with Gasteiger partial charge in [-0.25, -0.2) is 0 Å². The Morgan fingerprint density at radius 3 is 0.886 bits per heavy atom. The topological polar surface area (TPSA) is 63.3 Å². The van der Waals surface area contributed by atoms with Gasteiger partial charge in [-0.1, -0.05) is 295 Å². The van der Waals surface area contributed by atoms with E-state index in [0.717, 1.165) is 27.9 Å². The van der Waals surface area contributed by atoms with Crippen LogP contribution >= 0.6 is 0 Å². The lowest BCUT2D eigenvalue weighted by Crippen LogP contribution is -2.20. The maximum atomic E-state index is 5.14. The van der Waals surface area contributed by atoms with Crippen molar-refractivity contribution in [2.45, 2.75) is 105 Å². The first kappa shape index (κ1) is 67.4. The molecular weight excluding hydrogens is 1280 g/mol. The van der Waals surface area contributed by atoms with E-state index in [9.17, 15) is 0 Å². The van der Waals surface area contributed by atoms with Crippen LogP contribution in [0.5, 0.6) is 0 Å². The van der Waals surface area contributed by atoms with Crippen LogP contribution in [-0.2, 0) is 21.7 Å². The summed E-state index contributed by atoms with van der Waals surface area (Å²) in [6.45, 7) is 26.9. The third-order valence-corrected chi connectivity index (χ3v) is 20.5. The Labute approximate surface area is 614 Å². The first-order chi connectivity index (χ1) is 50.7. The van der Waals surface area contributed by atoms with Gasteiger partial charge in [0.25, 0.3) is 0 Å². The Balaban J connectivity index is 0.000000110. The van der Waals surface area contributed by atoms with Crippen molar-refractivity contribution in [1.82, 2.24) is 37.8 Å². The molecule has 13 aromatic carbocycles. The molecule has 0 unspecified atom stereocenters. The number of rotatable bonds is 5. The molecule has 6 heterocycles. The zero-order valence-corrected chi connectivity index (χ0v) is 62.1.